The number of rotatable bonds is 3. The maximum atomic E-state index is 13.6. The summed E-state index contributed by atoms with van der Waals surface area (Å²) in [4.78, 5) is 29.1. The number of carbonyl (C=O) groups is 2. The van der Waals surface area contributed by atoms with Crippen molar-refractivity contribution in [2.45, 2.75) is 6.42 Å². The highest BCUT2D eigenvalue weighted by Gasteiger charge is 2.24. The van der Waals surface area contributed by atoms with Crippen molar-refractivity contribution in [3.63, 3.8) is 0 Å². The maximum absolute atomic E-state index is 13.6. The van der Waals surface area contributed by atoms with Gasteiger partial charge in [0.1, 0.15) is 0 Å². The minimum absolute atomic E-state index is 0.0969. The number of halogens is 2. The molecule has 0 aliphatic carbocycles. The summed E-state index contributed by atoms with van der Waals surface area (Å²) in [6.07, 6.45) is 1.62. The smallest absolute Gasteiger partial charge is 0.317 e. The Kier molecular flexibility index (Phi) is 4.79. The van der Waals surface area contributed by atoms with Crippen molar-refractivity contribution >= 4 is 11.9 Å². The maximum Gasteiger partial charge on any atom is 0.317 e. The topological polar surface area (TPSA) is 73.7 Å². The Morgan fingerprint density at radius 1 is 1.24 bits per heavy atom. The van der Waals surface area contributed by atoms with Gasteiger partial charge in [0, 0.05) is 32.4 Å². The highest BCUT2D eigenvalue weighted by molar-refractivity contribution is 5.94. The lowest BCUT2D eigenvalue weighted by atomic mass is 10.2. The minimum Gasteiger partial charge on any atom is -0.480 e. The molecule has 0 saturated carbocycles. The molecule has 8 heteroatoms. The fourth-order valence-corrected chi connectivity index (χ4v) is 2.28. The molecule has 1 aromatic heterocycles. The van der Waals surface area contributed by atoms with Crippen molar-refractivity contribution < 1.29 is 23.5 Å². The van der Waals surface area contributed by atoms with Crippen LogP contribution in [0.4, 0.5) is 8.78 Å². The molecule has 1 aromatic rings. The van der Waals surface area contributed by atoms with Gasteiger partial charge in [-0.3, -0.25) is 14.5 Å². The first-order chi connectivity index (χ1) is 9.99. The van der Waals surface area contributed by atoms with Gasteiger partial charge in [0.05, 0.1) is 12.1 Å². The highest BCUT2D eigenvalue weighted by Crippen LogP contribution is 2.13. The van der Waals surface area contributed by atoms with E-state index in [-0.39, 0.29) is 18.7 Å². The SMILES string of the molecule is O=C(O)CN1CCCN(C(=O)c2ccnc(F)c2F)CC1. The van der Waals surface area contributed by atoms with Gasteiger partial charge in [-0.25, -0.2) is 9.37 Å². The molecule has 1 amide bonds. The summed E-state index contributed by atoms with van der Waals surface area (Å²) in [5.41, 5.74) is -0.353. The van der Waals surface area contributed by atoms with Gasteiger partial charge in [0.25, 0.3) is 5.91 Å². The predicted octanol–water partition coefficient (Wildman–Crippen LogP) is 0.592. The molecule has 0 atom stereocenters. The second-order valence-corrected chi connectivity index (χ2v) is 4.78. The number of nitrogens with zero attached hydrogens (tertiary/aromatic N) is 3. The van der Waals surface area contributed by atoms with Crippen LogP contribution in [-0.2, 0) is 4.79 Å². The normalized spacial score (nSPS) is 16.6. The zero-order valence-corrected chi connectivity index (χ0v) is 11.3. The van der Waals surface area contributed by atoms with Crippen molar-refractivity contribution in [3.05, 3.63) is 29.6 Å². The van der Waals surface area contributed by atoms with Crippen molar-refractivity contribution in [1.29, 1.82) is 0 Å². The van der Waals surface area contributed by atoms with Crippen LogP contribution in [0.3, 0.4) is 0 Å². The zero-order valence-electron chi connectivity index (χ0n) is 11.3. The third-order valence-corrected chi connectivity index (χ3v) is 3.31. The van der Waals surface area contributed by atoms with Crippen molar-refractivity contribution in [2.75, 3.05) is 32.7 Å². The van der Waals surface area contributed by atoms with Crippen LogP contribution in [0.5, 0.6) is 0 Å². The summed E-state index contributed by atoms with van der Waals surface area (Å²) in [5.74, 6) is -4.10. The van der Waals surface area contributed by atoms with Crippen LogP contribution in [0.1, 0.15) is 16.8 Å². The molecule has 0 bridgehead atoms. The van der Waals surface area contributed by atoms with Crippen molar-refractivity contribution in [1.82, 2.24) is 14.8 Å². The van der Waals surface area contributed by atoms with Crippen LogP contribution in [0.2, 0.25) is 0 Å². The van der Waals surface area contributed by atoms with Crippen LogP contribution >= 0.6 is 0 Å². The Morgan fingerprint density at radius 3 is 2.71 bits per heavy atom. The summed E-state index contributed by atoms with van der Waals surface area (Å²) in [7, 11) is 0. The molecule has 0 spiro atoms. The molecule has 1 saturated heterocycles. The van der Waals surface area contributed by atoms with Crippen molar-refractivity contribution in [2.24, 2.45) is 0 Å². The number of aliphatic carboxylic acids is 1. The Labute approximate surface area is 120 Å². The van der Waals surface area contributed by atoms with Crippen LogP contribution in [-0.4, -0.2) is 64.5 Å². The molecular weight excluding hydrogens is 284 g/mol. The van der Waals surface area contributed by atoms with E-state index in [1.807, 2.05) is 0 Å². The molecule has 2 rings (SSSR count). The van der Waals surface area contributed by atoms with E-state index in [0.717, 1.165) is 12.3 Å². The molecule has 0 unspecified atom stereocenters. The summed E-state index contributed by atoms with van der Waals surface area (Å²) in [6.45, 7) is 1.48. The molecule has 21 heavy (non-hydrogen) atoms. The summed E-state index contributed by atoms with van der Waals surface area (Å²) < 4.78 is 26.6. The third kappa shape index (κ3) is 3.72. The van der Waals surface area contributed by atoms with Gasteiger partial charge in [0.15, 0.2) is 5.82 Å². The first-order valence-corrected chi connectivity index (χ1v) is 6.52. The standard InChI is InChI=1S/C13H15F2N3O3/c14-11-9(2-3-16-12(11)15)13(21)18-5-1-4-17(6-7-18)8-10(19)20/h2-3H,1,4-8H2,(H,19,20). The monoisotopic (exact) mass is 299 g/mol. The third-order valence-electron chi connectivity index (χ3n) is 3.31. The van der Waals surface area contributed by atoms with Crippen LogP contribution in [0.15, 0.2) is 12.3 Å². The number of hydrogen-bond acceptors (Lipinski definition) is 4. The average molecular weight is 299 g/mol. The molecule has 1 aliphatic rings. The van der Waals surface area contributed by atoms with E-state index in [4.69, 9.17) is 5.11 Å². The second kappa shape index (κ2) is 6.57. The second-order valence-electron chi connectivity index (χ2n) is 4.78. The zero-order chi connectivity index (χ0) is 15.4. The number of pyridine rings is 1. The highest BCUT2D eigenvalue weighted by atomic mass is 19.2. The number of carboxylic acids is 1. The van der Waals surface area contributed by atoms with Gasteiger partial charge in [-0.05, 0) is 12.5 Å². The number of carboxylic acid groups (broad SMARTS) is 1. The lowest BCUT2D eigenvalue weighted by molar-refractivity contribution is -0.138. The Balaban J connectivity index is 2.06. The largest absolute Gasteiger partial charge is 0.480 e. The number of carbonyl (C=O) groups excluding carboxylic acids is 1. The predicted molar refractivity (Wildman–Crippen MR) is 68.7 cm³/mol. The quantitative estimate of drug-likeness (QED) is 0.827. The molecule has 6 nitrogen and oxygen atoms in total. The molecule has 0 radical (unpaired) electrons. The van der Waals surface area contributed by atoms with Gasteiger partial charge in [0.2, 0.25) is 5.95 Å². The summed E-state index contributed by atoms with van der Waals surface area (Å²) in [5, 5.41) is 8.76. The molecule has 114 valence electrons. The summed E-state index contributed by atoms with van der Waals surface area (Å²) >= 11 is 0. The van der Waals surface area contributed by atoms with Crippen LogP contribution in [0.25, 0.3) is 0 Å². The molecule has 0 aromatic carbocycles. The van der Waals surface area contributed by atoms with Gasteiger partial charge >= 0.3 is 5.97 Å². The van der Waals surface area contributed by atoms with Crippen LogP contribution < -0.4 is 0 Å². The van der Waals surface area contributed by atoms with E-state index in [0.29, 0.717) is 26.1 Å². The van der Waals surface area contributed by atoms with Crippen LogP contribution in [0, 0.1) is 11.8 Å². The fourth-order valence-electron chi connectivity index (χ4n) is 2.28. The lowest BCUT2D eigenvalue weighted by Crippen LogP contribution is -2.37. The van der Waals surface area contributed by atoms with Gasteiger partial charge in [-0.1, -0.05) is 0 Å². The molecular formula is C13H15F2N3O3. The Bertz CT molecular complexity index is 553. The van der Waals surface area contributed by atoms with Crippen molar-refractivity contribution in [3.8, 4) is 0 Å². The van der Waals surface area contributed by atoms with E-state index in [1.165, 1.54) is 4.90 Å². The van der Waals surface area contributed by atoms with Gasteiger partial charge in [-0.2, -0.15) is 4.39 Å². The van der Waals surface area contributed by atoms with E-state index in [9.17, 15) is 18.4 Å². The van der Waals surface area contributed by atoms with E-state index in [2.05, 4.69) is 4.98 Å². The summed E-state index contributed by atoms with van der Waals surface area (Å²) in [6, 6.07) is 1.14. The Hall–Kier alpha value is -2.09. The first-order valence-electron chi connectivity index (χ1n) is 6.52. The lowest BCUT2D eigenvalue weighted by Gasteiger charge is -2.21. The van der Waals surface area contributed by atoms with E-state index < -0.39 is 23.6 Å². The molecule has 1 aliphatic heterocycles. The van der Waals surface area contributed by atoms with Gasteiger partial charge in [-0.15, -0.1) is 0 Å². The minimum atomic E-state index is -1.30. The van der Waals surface area contributed by atoms with E-state index in [1.54, 1.807) is 4.90 Å². The molecule has 1 N–H and O–H groups in total. The van der Waals surface area contributed by atoms with Gasteiger partial charge < -0.3 is 10.0 Å². The molecule has 1 fully saturated rings. The average Bonchev–Trinajstić information content (AvgIpc) is 2.66. The molecule has 2 heterocycles. The Morgan fingerprint density at radius 2 is 2.00 bits per heavy atom. The number of hydrogen-bond donors (Lipinski definition) is 1. The fraction of sp³-hybridized carbons (Fsp3) is 0.462. The first kappa shape index (κ1) is 15.3. The number of amides is 1. The van der Waals surface area contributed by atoms with E-state index >= 15 is 0 Å². The number of aromatic nitrogens is 1.